The molecule has 18 heavy (non-hydrogen) atoms. The van der Waals surface area contributed by atoms with Gasteiger partial charge in [-0.3, -0.25) is 0 Å². The molecule has 0 saturated heterocycles. The van der Waals surface area contributed by atoms with Crippen molar-refractivity contribution in [1.82, 2.24) is 0 Å². The molecule has 1 aromatic rings. The highest BCUT2D eigenvalue weighted by Gasteiger charge is 2.16. The second kappa shape index (κ2) is 6.52. The Hall–Kier alpha value is -0.620. The fourth-order valence-electron chi connectivity index (χ4n) is 1.43. The van der Waals surface area contributed by atoms with E-state index in [-0.39, 0.29) is 12.6 Å². The minimum atomic E-state index is -0.460. The first-order valence-electron chi connectivity index (χ1n) is 5.83. The van der Waals surface area contributed by atoms with E-state index in [0.717, 1.165) is 5.56 Å². The monoisotopic (exact) mass is 362 g/mol. The molecule has 3 nitrogen and oxygen atoms in total. The molecule has 0 spiro atoms. The Balaban J connectivity index is 2.43. The molecule has 0 radical (unpaired) electrons. The summed E-state index contributed by atoms with van der Waals surface area (Å²) in [5.74, 6) is -0.329. The van der Waals surface area contributed by atoms with E-state index in [9.17, 15) is 4.79 Å². The van der Waals surface area contributed by atoms with Crippen LogP contribution in [0.1, 0.15) is 31.9 Å². The van der Waals surface area contributed by atoms with Gasteiger partial charge in [0.1, 0.15) is 12.2 Å². The van der Waals surface area contributed by atoms with Gasteiger partial charge in [-0.1, -0.05) is 18.2 Å². The lowest BCUT2D eigenvalue weighted by atomic mass is 10.1. The van der Waals surface area contributed by atoms with Crippen LogP contribution >= 0.6 is 22.6 Å². The molecular weight excluding hydrogens is 343 g/mol. The molecule has 0 N–H and O–H groups in total. The summed E-state index contributed by atoms with van der Waals surface area (Å²) in [6.45, 7) is 8.00. The first-order valence-corrected chi connectivity index (χ1v) is 6.91. The van der Waals surface area contributed by atoms with Crippen molar-refractivity contribution in [3.05, 3.63) is 32.9 Å². The fourth-order valence-corrected chi connectivity index (χ4v) is 1.95. The quantitative estimate of drug-likeness (QED) is 0.608. The molecule has 0 fully saturated rings. The standard InChI is InChI=1S/C14H19IO3/c1-10-6-5-7-11(13(10)15)8-17-9-12(16)18-14(2,3)4/h5-7H,8-9H2,1-4H3. The minimum Gasteiger partial charge on any atom is -0.458 e. The van der Waals surface area contributed by atoms with Crippen LogP contribution in [0.25, 0.3) is 0 Å². The average molecular weight is 362 g/mol. The third-order valence-electron chi connectivity index (χ3n) is 2.17. The Morgan fingerprint density at radius 2 is 2.00 bits per heavy atom. The van der Waals surface area contributed by atoms with Gasteiger partial charge in [0.15, 0.2) is 0 Å². The van der Waals surface area contributed by atoms with Crippen molar-refractivity contribution in [3.8, 4) is 0 Å². The van der Waals surface area contributed by atoms with Crippen molar-refractivity contribution in [2.24, 2.45) is 0 Å². The first kappa shape index (κ1) is 15.4. The molecule has 0 atom stereocenters. The van der Waals surface area contributed by atoms with Gasteiger partial charge in [-0.2, -0.15) is 0 Å². The number of hydrogen-bond donors (Lipinski definition) is 0. The number of rotatable bonds is 4. The molecule has 1 aromatic carbocycles. The van der Waals surface area contributed by atoms with Crippen LogP contribution in [0.5, 0.6) is 0 Å². The topological polar surface area (TPSA) is 35.5 Å². The zero-order chi connectivity index (χ0) is 13.8. The molecule has 1 rings (SSSR count). The molecule has 0 aliphatic carbocycles. The van der Waals surface area contributed by atoms with Gasteiger partial charge in [0.2, 0.25) is 0 Å². The van der Waals surface area contributed by atoms with Gasteiger partial charge in [0, 0.05) is 3.57 Å². The molecule has 0 aliphatic heterocycles. The van der Waals surface area contributed by atoms with Crippen LogP contribution in [-0.4, -0.2) is 18.2 Å². The Kier molecular flexibility index (Phi) is 5.59. The van der Waals surface area contributed by atoms with E-state index in [2.05, 4.69) is 35.6 Å². The molecule has 0 amide bonds. The lowest BCUT2D eigenvalue weighted by Crippen LogP contribution is -2.26. The molecule has 0 unspecified atom stereocenters. The van der Waals surface area contributed by atoms with Crippen molar-refractivity contribution in [2.75, 3.05) is 6.61 Å². The van der Waals surface area contributed by atoms with Crippen LogP contribution < -0.4 is 0 Å². The smallest absolute Gasteiger partial charge is 0.332 e. The van der Waals surface area contributed by atoms with Crippen molar-refractivity contribution >= 4 is 28.6 Å². The maximum Gasteiger partial charge on any atom is 0.332 e. The molecule has 100 valence electrons. The number of ether oxygens (including phenoxy) is 2. The maximum absolute atomic E-state index is 11.5. The van der Waals surface area contributed by atoms with E-state index in [4.69, 9.17) is 9.47 Å². The lowest BCUT2D eigenvalue weighted by Gasteiger charge is -2.19. The zero-order valence-electron chi connectivity index (χ0n) is 11.2. The first-order chi connectivity index (χ1) is 8.29. The van der Waals surface area contributed by atoms with Gasteiger partial charge in [-0.15, -0.1) is 0 Å². The maximum atomic E-state index is 11.5. The van der Waals surface area contributed by atoms with E-state index >= 15 is 0 Å². The van der Waals surface area contributed by atoms with Gasteiger partial charge in [-0.25, -0.2) is 4.79 Å². The van der Waals surface area contributed by atoms with Crippen LogP contribution in [0.3, 0.4) is 0 Å². The van der Waals surface area contributed by atoms with E-state index in [1.54, 1.807) is 0 Å². The molecule has 0 heterocycles. The van der Waals surface area contributed by atoms with Crippen LogP contribution in [0, 0.1) is 10.5 Å². The molecule has 0 aliphatic rings. The second-order valence-corrected chi connectivity index (χ2v) is 6.21. The Labute approximate surface area is 122 Å². The SMILES string of the molecule is Cc1cccc(COCC(=O)OC(C)(C)C)c1I. The van der Waals surface area contributed by atoms with Crippen LogP contribution in [0.4, 0.5) is 0 Å². The van der Waals surface area contributed by atoms with Gasteiger partial charge >= 0.3 is 5.97 Å². The molecule has 4 heteroatoms. The second-order valence-electron chi connectivity index (χ2n) is 5.13. The number of benzene rings is 1. The predicted octanol–water partition coefficient (Wildman–Crippen LogP) is 3.46. The van der Waals surface area contributed by atoms with Gasteiger partial charge in [-0.05, 0) is 61.4 Å². The fraction of sp³-hybridized carbons (Fsp3) is 0.500. The number of hydrogen-bond acceptors (Lipinski definition) is 3. The summed E-state index contributed by atoms with van der Waals surface area (Å²) in [6.07, 6.45) is 0. The third-order valence-corrected chi connectivity index (χ3v) is 3.71. The number of esters is 1. The largest absolute Gasteiger partial charge is 0.458 e. The predicted molar refractivity (Wildman–Crippen MR) is 79.4 cm³/mol. The highest BCUT2D eigenvalue weighted by molar-refractivity contribution is 14.1. The van der Waals surface area contributed by atoms with Crippen molar-refractivity contribution < 1.29 is 14.3 Å². The van der Waals surface area contributed by atoms with Gasteiger partial charge < -0.3 is 9.47 Å². The van der Waals surface area contributed by atoms with Crippen molar-refractivity contribution in [3.63, 3.8) is 0 Å². The number of aryl methyl sites for hydroxylation is 1. The highest BCUT2D eigenvalue weighted by atomic mass is 127. The van der Waals surface area contributed by atoms with E-state index < -0.39 is 5.60 Å². The van der Waals surface area contributed by atoms with Crippen molar-refractivity contribution in [2.45, 2.75) is 39.9 Å². The zero-order valence-corrected chi connectivity index (χ0v) is 13.4. The molecular formula is C14H19IO3. The number of carbonyl (C=O) groups is 1. The Morgan fingerprint density at radius 1 is 1.33 bits per heavy atom. The van der Waals surface area contributed by atoms with Gasteiger partial charge in [0.25, 0.3) is 0 Å². The summed E-state index contributed by atoms with van der Waals surface area (Å²) in [5, 5.41) is 0. The summed E-state index contributed by atoms with van der Waals surface area (Å²) in [7, 11) is 0. The van der Waals surface area contributed by atoms with Gasteiger partial charge in [0.05, 0.1) is 6.61 Å². The summed E-state index contributed by atoms with van der Waals surface area (Å²) >= 11 is 2.29. The van der Waals surface area contributed by atoms with Crippen LogP contribution in [0.2, 0.25) is 0 Å². The molecule has 0 aromatic heterocycles. The number of halogens is 1. The summed E-state index contributed by atoms with van der Waals surface area (Å²) in [4.78, 5) is 11.5. The summed E-state index contributed by atoms with van der Waals surface area (Å²) in [6, 6.07) is 6.05. The van der Waals surface area contributed by atoms with E-state index in [1.165, 1.54) is 9.13 Å². The normalized spacial score (nSPS) is 11.4. The minimum absolute atomic E-state index is 0.0126. The van der Waals surface area contributed by atoms with E-state index in [1.807, 2.05) is 32.9 Å². The Bertz CT molecular complexity index is 422. The summed E-state index contributed by atoms with van der Waals surface area (Å²) in [5.41, 5.74) is 1.85. The van der Waals surface area contributed by atoms with Crippen LogP contribution in [0.15, 0.2) is 18.2 Å². The molecule has 0 bridgehead atoms. The van der Waals surface area contributed by atoms with Crippen molar-refractivity contribution in [1.29, 1.82) is 0 Å². The lowest BCUT2D eigenvalue weighted by molar-refractivity contribution is -0.160. The highest BCUT2D eigenvalue weighted by Crippen LogP contribution is 2.17. The average Bonchev–Trinajstić information content (AvgIpc) is 2.21. The van der Waals surface area contributed by atoms with E-state index in [0.29, 0.717) is 6.61 Å². The van der Waals surface area contributed by atoms with Crippen LogP contribution in [-0.2, 0) is 20.9 Å². The molecule has 0 saturated carbocycles. The summed E-state index contributed by atoms with van der Waals surface area (Å²) < 4.78 is 11.7. The Morgan fingerprint density at radius 3 is 2.61 bits per heavy atom. The third kappa shape index (κ3) is 5.35. The number of carbonyl (C=O) groups excluding carboxylic acids is 1.